The van der Waals surface area contributed by atoms with Gasteiger partial charge in [-0.05, 0) is 42.7 Å². The maximum Gasteiger partial charge on any atom is 0.306 e. The number of aromatic nitrogens is 2. The molecule has 9 nitrogen and oxygen atoms in total. The number of anilines is 2. The van der Waals surface area contributed by atoms with Crippen molar-refractivity contribution in [1.82, 2.24) is 14.3 Å². The van der Waals surface area contributed by atoms with Crippen LogP contribution in [-0.4, -0.2) is 54.0 Å². The summed E-state index contributed by atoms with van der Waals surface area (Å²) in [6, 6.07) is 16.5. The van der Waals surface area contributed by atoms with Crippen molar-refractivity contribution in [3.05, 3.63) is 66.5 Å². The van der Waals surface area contributed by atoms with Crippen LogP contribution in [0, 0.1) is 5.92 Å². The molecule has 2 N–H and O–H groups in total. The van der Waals surface area contributed by atoms with E-state index in [1.54, 1.807) is 31.4 Å². The number of rotatable bonds is 8. The number of methoxy groups -OCH3 is 1. The molecule has 1 saturated heterocycles. The minimum atomic E-state index is -3.55. The summed E-state index contributed by atoms with van der Waals surface area (Å²) in [5.74, 6) is -0.239. The first-order valence-electron chi connectivity index (χ1n) is 10.9. The molecular weight excluding hydrogens is 456 g/mol. The monoisotopic (exact) mass is 482 g/mol. The lowest BCUT2D eigenvalue weighted by atomic mass is 9.99. The van der Waals surface area contributed by atoms with E-state index in [1.165, 1.54) is 10.6 Å². The van der Waals surface area contributed by atoms with E-state index in [0.717, 1.165) is 5.56 Å². The van der Waals surface area contributed by atoms with Gasteiger partial charge in [-0.1, -0.05) is 24.3 Å². The van der Waals surface area contributed by atoms with E-state index in [4.69, 9.17) is 9.84 Å². The summed E-state index contributed by atoms with van der Waals surface area (Å²) in [4.78, 5) is 19.8. The first-order chi connectivity index (χ1) is 16.4. The van der Waals surface area contributed by atoms with E-state index in [1.807, 2.05) is 30.3 Å². The van der Waals surface area contributed by atoms with Crippen molar-refractivity contribution in [2.24, 2.45) is 5.92 Å². The van der Waals surface area contributed by atoms with Crippen LogP contribution in [0.5, 0.6) is 5.75 Å². The highest BCUT2D eigenvalue weighted by Crippen LogP contribution is 2.29. The fraction of sp³-hybridized carbons (Fsp3) is 0.292. The van der Waals surface area contributed by atoms with Gasteiger partial charge in [-0.25, -0.2) is 22.7 Å². The molecule has 3 aromatic rings. The Labute approximate surface area is 198 Å². The third-order valence-electron chi connectivity index (χ3n) is 5.80. The SMILES string of the molecule is COc1ccccc1-c1cc(Nc2cccc(CS(=O)(=O)N3CCC(C(=O)O)CC3)c2)ncn1. The Kier molecular flexibility index (Phi) is 7.09. The smallest absolute Gasteiger partial charge is 0.306 e. The van der Waals surface area contributed by atoms with E-state index in [0.29, 0.717) is 41.4 Å². The molecule has 10 heteroatoms. The number of benzene rings is 2. The zero-order chi connectivity index (χ0) is 24.1. The molecule has 2 aromatic carbocycles. The van der Waals surface area contributed by atoms with Crippen molar-refractivity contribution < 1.29 is 23.1 Å². The summed E-state index contributed by atoms with van der Waals surface area (Å²) in [5, 5.41) is 12.3. The lowest BCUT2D eigenvalue weighted by Gasteiger charge is -2.29. The third kappa shape index (κ3) is 5.52. The predicted octanol–water partition coefficient (Wildman–Crippen LogP) is 3.52. The van der Waals surface area contributed by atoms with Gasteiger partial charge in [-0.2, -0.15) is 0 Å². The number of aliphatic carboxylic acids is 1. The minimum Gasteiger partial charge on any atom is -0.496 e. The Hall–Kier alpha value is -3.50. The van der Waals surface area contributed by atoms with Crippen molar-refractivity contribution in [2.75, 3.05) is 25.5 Å². The van der Waals surface area contributed by atoms with Crippen molar-refractivity contribution in [2.45, 2.75) is 18.6 Å². The van der Waals surface area contributed by atoms with E-state index in [2.05, 4.69) is 15.3 Å². The molecule has 0 unspecified atom stereocenters. The maximum atomic E-state index is 12.9. The molecule has 0 spiro atoms. The Bertz CT molecular complexity index is 1270. The number of piperidine rings is 1. The molecule has 1 aromatic heterocycles. The summed E-state index contributed by atoms with van der Waals surface area (Å²) >= 11 is 0. The van der Waals surface area contributed by atoms with Crippen LogP contribution in [0.3, 0.4) is 0 Å². The van der Waals surface area contributed by atoms with Gasteiger partial charge >= 0.3 is 5.97 Å². The second-order valence-corrected chi connectivity index (χ2v) is 10.1. The number of para-hydroxylation sites is 1. The first-order valence-corrected chi connectivity index (χ1v) is 12.5. The van der Waals surface area contributed by atoms with Crippen molar-refractivity contribution in [1.29, 1.82) is 0 Å². The molecule has 1 fully saturated rings. The number of sulfonamides is 1. The molecule has 0 atom stereocenters. The highest BCUT2D eigenvalue weighted by Gasteiger charge is 2.31. The van der Waals surface area contributed by atoms with Crippen LogP contribution in [0.25, 0.3) is 11.3 Å². The molecule has 4 rings (SSSR count). The molecule has 0 amide bonds. The number of ether oxygens (including phenoxy) is 1. The van der Waals surface area contributed by atoms with Gasteiger partial charge in [-0.15, -0.1) is 0 Å². The highest BCUT2D eigenvalue weighted by atomic mass is 32.2. The average Bonchev–Trinajstić information content (AvgIpc) is 2.84. The third-order valence-corrected chi connectivity index (χ3v) is 7.65. The summed E-state index contributed by atoms with van der Waals surface area (Å²) in [7, 11) is -1.95. The van der Waals surface area contributed by atoms with Gasteiger partial charge in [0.05, 0.1) is 24.5 Å². The zero-order valence-corrected chi connectivity index (χ0v) is 19.5. The van der Waals surface area contributed by atoms with Gasteiger partial charge < -0.3 is 15.2 Å². The number of nitrogens with one attached hydrogen (secondary N) is 1. The number of carbonyl (C=O) groups is 1. The second kappa shape index (κ2) is 10.2. The molecule has 2 heterocycles. The van der Waals surface area contributed by atoms with Gasteiger partial charge in [0.1, 0.15) is 17.9 Å². The largest absolute Gasteiger partial charge is 0.496 e. The fourth-order valence-corrected chi connectivity index (χ4v) is 5.55. The minimum absolute atomic E-state index is 0.156. The van der Waals surface area contributed by atoms with Crippen LogP contribution in [0.1, 0.15) is 18.4 Å². The van der Waals surface area contributed by atoms with Crippen molar-refractivity contribution >= 4 is 27.5 Å². The number of hydrogen-bond donors (Lipinski definition) is 2. The number of carboxylic acid groups (broad SMARTS) is 1. The standard InChI is InChI=1S/C24H26N4O5S/c1-33-22-8-3-2-7-20(22)21-14-23(26-16-25-21)27-19-6-4-5-17(13-19)15-34(31,32)28-11-9-18(10-12-28)24(29)30/h2-8,13-14,16,18H,9-12,15H2,1H3,(H,29,30)(H,25,26,27). The predicted molar refractivity (Wildman–Crippen MR) is 128 cm³/mol. The number of hydrogen-bond acceptors (Lipinski definition) is 7. The van der Waals surface area contributed by atoms with E-state index < -0.39 is 21.9 Å². The van der Waals surface area contributed by atoms with Crippen molar-refractivity contribution in [3.63, 3.8) is 0 Å². The molecule has 0 radical (unpaired) electrons. The topological polar surface area (TPSA) is 122 Å². The van der Waals surface area contributed by atoms with E-state index >= 15 is 0 Å². The summed E-state index contributed by atoms with van der Waals surface area (Å²) < 4.78 is 32.6. The summed E-state index contributed by atoms with van der Waals surface area (Å²) in [6.45, 7) is 0.452. The molecule has 1 aliphatic heterocycles. The number of carboxylic acids is 1. The van der Waals surface area contributed by atoms with E-state index in [-0.39, 0.29) is 18.8 Å². The Morgan fingerprint density at radius 2 is 1.88 bits per heavy atom. The van der Waals surface area contributed by atoms with Crippen LogP contribution in [0.4, 0.5) is 11.5 Å². The molecule has 0 bridgehead atoms. The molecule has 0 saturated carbocycles. The lowest BCUT2D eigenvalue weighted by Crippen LogP contribution is -2.40. The maximum absolute atomic E-state index is 12.9. The quantitative estimate of drug-likeness (QED) is 0.500. The summed E-state index contributed by atoms with van der Waals surface area (Å²) in [5.41, 5.74) is 2.85. The normalized spacial score (nSPS) is 15.1. The van der Waals surface area contributed by atoms with E-state index in [9.17, 15) is 13.2 Å². The van der Waals surface area contributed by atoms with Gasteiger partial charge in [-0.3, -0.25) is 4.79 Å². The highest BCUT2D eigenvalue weighted by molar-refractivity contribution is 7.88. The Balaban J connectivity index is 1.47. The van der Waals surface area contributed by atoms with Crippen LogP contribution in [0.2, 0.25) is 0 Å². The fourth-order valence-electron chi connectivity index (χ4n) is 4.00. The molecular formula is C24H26N4O5S. The van der Waals surface area contributed by atoms with Gasteiger partial charge in [0, 0.05) is 30.4 Å². The Morgan fingerprint density at radius 3 is 2.62 bits per heavy atom. The van der Waals surface area contributed by atoms with Gasteiger partial charge in [0.25, 0.3) is 0 Å². The van der Waals surface area contributed by atoms with Gasteiger partial charge in [0.2, 0.25) is 10.0 Å². The molecule has 178 valence electrons. The molecule has 0 aliphatic carbocycles. The molecule has 1 aliphatic rings. The average molecular weight is 483 g/mol. The molecule has 34 heavy (non-hydrogen) atoms. The zero-order valence-electron chi connectivity index (χ0n) is 18.7. The second-order valence-electron chi connectivity index (χ2n) is 8.08. The lowest BCUT2D eigenvalue weighted by molar-refractivity contribution is -0.142. The van der Waals surface area contributed by atoms with Crippen molar-refractivity contribution in [3.8, 4) is 17.0 Å². The first kappa shape index (κ1) is 23.7. The summed E-state index contributed by atoms with van der Waals surface area (Å²) in [6.07, 6.45) is 2.12. The van der Waals surface area contributed by atoms with Crippen LogP contribution in [0.15, 0.2) is 60.9 Å². The number of nitrogens with zero attached hydrogens (tertiary/aromatic N) is 3. The van der Waals surface area contributed by atoms with Crippen LogP contribution < -0.4 is 10.1 Å². The van der Waals surface area contributed by atoms with Gasteiger partial charge in [0.15, 0.2) is 0 Å². The Morgan fingerprint density at radius 1 is 1.12 bits per heavy atom. The van der Waals surface area contributed by atoms with Crippen LogP contribution >= 0.6 is 0 Å². The van der Waals surface area contributed by atoms with Crippen LogP contribution in [-0.2, 0) is 20.6 Å².